The molecule has 1 aromatic rings. The van der Waals surface area contributed by atoms with Crippen molar-refractivity contribution in [1.29, 1.82) is 0 Å². The van der Waals surface area contributed by atoms with E-state index in [1.807, 2.05) is 12.2 Å². The van der Waals surface area contributed by atoms with Crippen molar-refractivity contribution in [2.75, 3.05) is 0 Å². The summed E-state index contributed by atoms with van der Waals surface area (Å²) in [6.45, 7) is 0. The van der Waals surface area contributed by atoms with Crippen LogP contribution in [0.2, 0.25) is 0 Å². The maximum atomic E-state index is 3.04. The van der Waals surface area contributed by atoms with Crippen molar-refractivity contribution < 1.29 is 21.2 Å². The van der Waals surface area contributed by atoms with Crippen LogP contribution in [0.5, 0.6) is 0 Å². The largest absolute Gasteiger partial charge is 0.389 e. The van der Waals surface area contributed by atoms with Crippen molar-refractivity contribution in [2.24, 2.45) is 0 Å². The van der Waals surface area contributed by atoms with Gasteiger partial charge in [-0.1, -0.05) is 18.2 Å². The molecule has 0 amide bonds. The molecule has 0 N–H and O–H groups in total. The van der Waals surface area contributed by atoms with Crippen LogP contribution in [0.15, 0.2) is 58.2 Å². The molecule has 1 heteroatoms. The Bertz CT molecular complexity index is 358. The highest BCUT2D eigenvalue weighted by molar-refractivity contribution is 5.24. The van der Waals surface area contributed by atoms with Gasteiger partial charge in [-0.2, -0.15) is 0 Å². The second-order valence-electron chi connectivity index (χ2n) is 2.61. The highest BCUT2D eigenvalue weighted by atomic mass is 127. The van der Waals surface area contributed by atoms with Crippen LogP contribution in [0.3, 0.4) is 0 Å². The predicted molar refractivity (Wildman–Crippen MR) is 50.2 cm³/mol. The number of rotatable bonds is 2. The van der Waals surface area contributed by atoms with Crippen LogP contribution in [0.25, 0.3) is 0 Å². The Morgan fingerprint density at radius 2 is 1.92 bits per heavy atom. The molecular weight excluding hydrogens is 271 g/mol. The Hall–Kier alpha value is -0.920. The molecular formula is C12H9I+2. The van der Waals surface area contributed by atoms with Crippen molar-refractivity contribution >= 4 is 0 Å². The van der Waals surface area contributed by atoms with Crippen LogP contribution in [0.1, 0.15) is 0 Å². The summed E-state index contributed by atoms with van der Waals surface area (Å²) in [5.74, 6) is 0. The molecule has 0 radical (unpaired) electrons. The molecule has 0 saturated heterocycles. The van der Waals surface area contributed by atoms with Gasteiger partial charge in [0, 0.05) is 6.08 Å². The van der Waals surface area contributed by atoms with E-state index in [1.54, 1.807) is 0 Å². The van der Waals surface area contributed by atoms with Crippen LogP contribution >= 0.6 is 0 Å². The lowest BCUT2D eigenvalue weighted by molar-refractivity contribution is -0.571. The van der Waals surface area contributed by atoms with Gasteiger partial charge in [0.1, 0.15) is 24.3 Å². The SMILES string of the molecule is [C+]1=CC=C([I+]c2ccccc2)C=C1. The zero-order valence-electron chi connectivity index (χ0n) is 7.07. The lowest BCUT2D eigenvalue weighted by atomic mass is 10.3. The first kappa shape index (κ1) is 8.67. The molecule has 0 nitrogen and oxygen atoms in total. The van der Waals surface area contributed by atoms with Gasteiger partial charge in [-0.15, -0.1) is 0 Å². The quantitative estimate of drug-likeness (QED) is 0.518. The fourth-order valence-corrected chi connectivity index (χ4v) is 3.25. The third-order valence-corrected chi connectivity index (χ3v) is 4.31. The van der Waals surface area contributed by atoms with Gasteiger partial charge in [-0.25, -0.2) is 0 Å². The molecule has 13 heavy (non-hydrogen) atoms. The van der Waals surface area contributed by atoms with E-state index in [2.05, 4.69) is 48.6 Å². The van der Waals surface area contributed by atoms with Gasteiger partial charge in [-0.05, 0) is 12.1 Å². The minimum Gasteiger partial charge on any atom is -0.0619 e. The number of halogens is 1. The Balaban J connectivity index is 2.11. The van der Waals surface area contributed by atoms with Gasteiger partial charge in [0.05, 0.1) is 0 Å². The van der Waals surface area contributed by atoms with Crippen molar-refractivity contribution in [2.45, 2.75) is 0 Å². The maximum Gasteiger partial charge on any atom is 0.389 e. The first-order valence-electron chi connectivity index (χ1n) is 4.11. The first-order chi connectivity index (χ1) is 6.45. The summed E-state index contributed by atoms with van der Waals surface area (Å²) in [7, 11) is 0. The van der Waals surface area contributed by atoms with E-state index in [9.17, 15) is 0 Å². The molecule has 1 aliphatic rings. The Kier molecular flexibility index (Phi) is 2.90. The smallest absolute Gasteiger partial charge is 0.0619 e. The molecule has 0 unspecified atom stereocenters. The van der Waals surface area contributed by atoms with Crippen LogP contribution in [0, 0.1) is 9.65 Å². The normalized spacial score (nSPS) is 13.7. The van der Waals surface area contributed by atoms with Crippen LogP contribution in [-0.4, -0.2) is 0 Å². The van der Waals surface area contributed by atoms with Crippen molar-refractivity contribution in [3.63, 3.8) is 0 Å². The van der Waals surface area contributed by atoms with Gasteiger partial charge in [0.25, 0.3) is 3.58 Å². The summed E-state index contributed by atoms with van der Waals surface area (Å²) in [4.78, 5) is 0. The molecule has 0 aromatic heterocycles. The van der Waals surface area contributed by atoms with Gasteiger partial charge < -0.3 is 0 Å². The van der Waals surface area contributed by atoms with Crippen LogP contribution in [-0.2, 0) is 0 Å². The monoisotopic (exact) mass is 280 g/mol. The third-order valence-electron chi connectivity index (χ3n) is 1.63. The van der Waals surface area contributed by atoms with Gasteiger partial charge >= 0.3 is 21.2 Å². The minimum atomic E-state index is 0.00869. The lowest BCUT2D eigenvalue weighted by Crippen LogP contribution is -3.60. The van der Waals surface area contributed by atoms with E-state index in [-0.39, 0.29) is 21.2 Å². The van der Waals surface area contributed by atoms with Crippen LogP contribution < -0.4 is 21.2 Å². The average Bonchev–Trinajstić information content (AvgIpc) is 2.21. The zero-order chi connectivity index (χ0) is 8.93. The van der Waals surface area contributed by atoms with E-state index >= 15 is 0 Å². The van der Waals surface area contributed by atoms with E-state index in [4.69, 9.17) is 0 Å². The van der Waals surface area contributed by atoms with Crippen molar-refractivity contribution in [3.05, 3.63) is 67.9 Å². The molecule has 0 fully saturated rings. The molecule has 2 rings (SSSR count). The van der Waals surface area contributed by atoms with Crippen molar-refractivity contribution in [3.8, 4) is 0 Å². The fraction of sp³-hybridized carbons (Fsp3) is 0. The molecule has 0 spiro atoms. The van der Waals surface area contributed by atoms with Crippen molar-refractivity contribution in [1.82, 2.24) is 0 Å². The maximum absolute atomic E-state index is 3.04. The summed E-state index contributed by atoms with van der Waals surface area (Å²) in [5, 5.41) is 0. The molecule has 0 atom stereocenters. The Morgan fingerprint density at radius 1 is 1.08 bits per heavy atom. The molecule has 0 heterocycles. The predicted octanol–water partition coefficient (Wildman–Crippen LogP) is -0.242. The number of hydrogen-bond acceptors (Lipinski definition) is 0. The van der Waals surface area contributed by atoms with E-state index in [0.717, 1.165) is 0 Å². The molecule has 0 bridgehead atoms. The molecule has 0 aliphatic heterocycles. The number of benzene rings is 1. The summed E-state index contributed by atoms with van der Waals surface area (Å²) >= 11 is 0.00869. The summed E-state index contributed by atoms with van der Waals surface area (Å²) in [6.07, 6.45) is 11.3. The molecule has 0 saturated carbocycles. The summed E-state index contributed by atoms with van der Waals surface area (Å²) in [6, 6.07) is 10.7. The molecule has 1 aromatic carbocycles. The topological polar surface area (TPSA) is 0 Å². The lowest BCUT2D eigenvalue weighted by Gasteiger charge is -1.82. The summed E-state index contributed by atoms with van der Waals surface area (Å²) < 4.78 is 2.91. The molecule has 62 valence electrons. The van der Waals surface area contributed by atoms with Crippen LogP contribution in [0.4, 0.5) is 0 Å². The first-order valence-corrected chi connectivity index (χ1v) is 6.27. The Labute approximate surface area is 88.9 Å². The average molecular weight is 280 g/mol. The fourth-order valence-electron chi connectivity index (χ4n) is 1.03. The number of hydrogen-bond donors (Lipinski definition) is 0. The summed E-state index contributed by atoms with van der Waals surface area (Å²) in [5.41, 5.74) is 0. The minimum absolute atomic E-state index is 0.00869. The standard InChI is InChI=1S/C12H9I/c1-3-7-11(8-4-1)13-12-9-5-2-6-10-12/h1,3-10H/q+2. The Morgan fingerprint density at radius 3 is 2.62 bits per heavy atom. The highest BCUT2D eigenvalue weighted by Gasteiger charge is 2.21. The van der Waals surface area contributed by atoms with Gasteiger partial charge in [0.2, 0.25) is 0 Å². The molecule has 1 aliphatic carbocycles. The van der Waals surface area contributed by atoms with E-state index in [0.29, 0.717) is 0 Å². The van der Waals surface area contributed by atoms with E-state index in [1.165, 1.54) is 7.15 Å². The highest BCUT2D eigenvalue weighted by Crippen LogP contribution is 1.92. The second-order valence-corrected chi connectivity index (χ2v) is 5.64. The van der Waals surface area contributed by atoms with Gasteiger partial charge in [0.15, 0.2) is 3.57 Å². The third kappa shape index (κ3) is 2.51. The second kappa shape index (κ2) is 4.35. The van der Waals surface area contributed by atoms with E-state index < -0.39 is 0 Å². The zero-order valence-corrected chi connectivity index (χ0v) is 9.23. The van der Waals surface area contributed by atoms with Gasteiger partial charge in [-0.3, -0.25) is 0 Å². The number of allylic oxidation sites excluding steroid dienone is 6.